The average Bonchev–Trinajstić information content (AvgIpc) is 2.29. The Hall–Kier alpha value is -1.10. The van der Waals surface area contributed by atoms with Crippen molar-refractivity contribution in [3.8, 4) is 0 Å². The predicted molar refractivity (Wildman–Crippen MR) is 87.1 cm³/mol. The van der Waals surface area contributed by atoms with Gasteiger partial charge in [0.05, 0.1) is 10.6 Å². The van der Waals surface area contributed by atoms with Gasteiger partial charge in [-0.1, -0.05) is 27.7 Å². The van der Waals surface area contributed by atoms with Crippen LogP contribution in [0.15, 0.2) is 22.7 Å². The lowest BCUT2D eigenvalue weighted by Crippen LogP contribution is -2.23. The van der Waals surface area contributed by atoms with Crippen LogP contribution in [0.3, 0.4) is 0 Å². The van der Waals surface area contributed by atoms with Gasteiger partial charge in [0.15, 0.2) is 0 Å². The maximum Gasteiger partial charge on any atom is 0.271 e. The number of nitro benzene ring substituents is 1. The minimum absolute atomic E-state index is 0.114. The normalized spacial score (nSPS) is 11.4. The number of nitro groups is 1. The Kier molecular flexibility index (Phi) is 6.46. The van der Waals surface area contributed by atoms with Crippen LogP contribution in [0.2, 0.25) is 0 Å². The number of hydrogen-bond acceptors (Lipinski definition) is 3. The Labute approximate surface area is 129 Å². The number of nitrogens with one attached hydrogen (secondary N) is 1. The summed E-state index contributed by atoms with van der Waals surface area (Å²) in [5.41, 5.74) is 0.911. The number of halogens is 1. The smallest absolute Gasteiger partial charge is 0.271 e. The van der Waals surface area contributed by atoms with Gasteiger partial charge >= 0.3 is 0 Å². The molecule has 0 bridgehead atoms. The number of rotatable bonds is 7. The van der Waals surface area contributed by atoms with Gasteiger partial charge in [0.25, 0.3) is 5.69 Å². The zero-order chi connectivity index (χ0) is 15.3. The van der Waals surface area contributed by atoms with Crippen LogP contribution in [0, 0.1) is 22.0 Å². The lowest BCUT2D eigenvalue weighted by molar-refractivity contribution is -0.384. The van der Waals surface area contributed by atoms with Crippen LogP contribution in [0.4, 0.5) is 11.4 Å². The van der Waals surface area contributed by atoms with Gasteiger partial charge < -0.3 is 5.32 Å². The van der Waals surface area contributed by atoms with Crippen molar-refractivity contribution in [1.82, 2.24) is 0 Å². The first-order valence-electron chi connectivity index (χ1n) is 7.00. The molecule has 0 atom stereocenters. The van der Waals surface area contributed by atoms with Crippen molar-refractivity contribution in [2.24, 2.45) is 11.8 Å². The molecule has 1 aromatic rings. The number of hydrogen-bond donors (Lipinski definition) is 1. The Morgan fingerprint density at radius 2 is 1.75 bits per heavy atom. The molecule has 20 heavy (non-hydrogen) atoms. The maximum absolute atomic E-state index is 10.9. The third-order valence-electron chi connectivity index (χ3n) is 3.03. The van der Waals surface area contributed by atoms with Gasteiger partial charge in [-0.05, 0) is 46.7 Å². The van der Waals surface area contributed by atoms with Gasteiger partial charge in [-0.15, -0.1) is 0 Å². The molecule has 4 nitrogen and oxygen atoms in total. The van der Waals surface area contributed by atoms with E-state index in [0.717, 1.165) is 23.0 Å². The van der Waals surface area contributed by atoms with E-state index in [0.29, 0.717) is 17.9 Å². The summed E-state index contributed by atoms with van der Waals surface area (Å²) in [6.07, 6.45) is 2.10. The second-order valence-electron chi connectivity index (χ2n) is 6.02. The highest BCUT2D eigenvalue weighted by atomic mass is 79.9. The molecular formula is C15H23BrN2O2. The minimum Gasteiger partial charge on any atom is -0.381 e. The van der Waals surface area contributed by atoms with Gasteiger partial charge in [0, 0.05) is 22.6 Å². The molecule has 0 radical (unpaired) electrons. The standard InChI is InChI=1S/C15H23BrN2O2/c1-10(2)7-12(8-11(3)4)17-15-9-13(18(19)20)5-6-14(15)16/h5-6,9-12,17H,7-8H2,1-4H3. The molecule has 0 saturated carbocycles. The van der Waals surface area contributed by atoms with E-state index in [1.807, 2.05) is 0 Å². The molecular weight excluding hydrogens is 320 g/mol. The van der Waals surface area contributed by atoms with Crippen molar-refractivity contribution < 1.29 is 4.92 Å². The molecule has 0 aromatic heterocycles. The van der Waals surface area contributed by atoms with Crippen LogP contribution in [-0.2, 0) is 0 Å². The van der Waals surface area contributed by atoms with Crippen LogP contribution in [0.5, 0.6) is 0 Å². The molecule has 0 saturated heterocycles. The molecule has 1 N–H and O–H groups in total. The molecule has 0 fully saturated rings. The van der Waals surface area contributed by atoms with Crippen LogP contribution < -0.4 is 5.32 Å². The molecule has 0 amide bonds. The molecule has 0 unspecified atom stereocenters. The van der Waals surface area contributed by atoms with Crippen LogP contribution in [0.25, 0.3) is 0 Å². The van der Waals surface area contributed by atoms with Crippen molar-refractivity contribution in [3.05, 3.63) is 32.8 Å². The summed E-state index contributed by atoms with van der Waals surface area (Å²) >= 11 is 3.46. The summed E-state index contributed by atoms with van der Waals surface area (Å²) in [6.45, 7) is 8.77. The van der Waals surface area contributed by atoms with Crippen LogP contribution >= 0.6 is 15.9 Å². The first kappa shape index (κ1) is 17.0. The number of non-ortho nitro benzene ring substituents is 1. The lowest BCUT2D eigenvalue weighted by Gasteiger charge is -2.24. The third kappa shape index (κ3) is 5.49. The summed E-state index contributed by atoms with van der Waals surface area (Å²) < 4.78 is 0.862. The van der Waals surface area contributed by atoms with Crippen molar-refractivity contribution >= 4 is 27.3 Å². The zero-order valence-electron chi connectivity index (χ0n) is 12.5. The number of benzene rings is 1. The molecule has 0 heterocycles. The summed E-state index contributed by atoms with van der Waals surface area (Å²) in [5.74, 6) is 1.17. The molecule has 0 aliphatic carbocycles. The van der Waals surface area contributed by atoms with E-state index in [1.54, 1.807) is 12.1 Å². The van der Waals surface area contributed by atoms with Crippen LogP contribution in [0.1, 0.15) is 40.5 Å². The van der Waals surface area contributed by atoms with Gasteiger partial charge in [0.2, 0.25) is 0 Å². The SMILES string of the molecule is CC(C)CC(CC(C)C)Nc1cc([N+](=O)[O-])ccc1Br. The molecule has 0 aliphatic heterocycles. The summed E-state index contributed by atoms with van der Waals surface area (Å²) in [5, 5.41) is 14.3. The molecule has 0 aliphatic rings. The Bertz CT molecular complexity index is 451. The molecule has 0 spiro atoms. The highest BCUT2D eigenvalue weighted by Crippen LogP contribution is 2.29. The summed E-state index contributed by atoms with van der Waals surface area (Å²) in [7, 11) is 0. The van der Waals surface area contributed by atoms with E-state index in [1.165, 1.54) is 6.07 Å². The molecule has 1 aromatic carbocycles. The molecule has 112 valence electrons. The maximum atomic E-state index is 10.9. The highest BCUT2D eigenvalue weighted by Gasteiger charge is 2.16. The zero-order valence-corrected chi connectivity index (χ0v) is 14.1. The molecule has 1 rings (SSSR count). The van der Waals surface area contributed by atoms with E-state index in [9.17, 15) is 10.1 Å². The van der Waals surface area contributed by atoms with Gasteiger partial charge in [0.1, 0.15) is 0 Å². The van der Waals surface area contributed by atoms with Crippen LogP contribution in [-0.4, -0.2) is 11.0 Å². The predicted octanol–water partition coefficient (Wildman–Crippen LogP) is 5.23. The fourth-order valence-corrected chi connectivity index (χ4v) is 2.67. The Morgan fingerprint density at radius 1 is 1.20 bits per heavy atom. The minimum atomic E-state index is -0.364. The van der Waals surface area contributed by atoms with Crippen molar-refractivity contribution in [2.75, 3.05) is 5.32 Å². The first-order chi connectivity index (χ1) is 9.29. The second-order valence-corrected chi connectivity index (χ2v) is 6.88. The largest absolute Gasteiger partial charge is 0.381 e. The van der Waals surface area contributed by atoms with Gasteiger partial charge in [-0.3, -0.25) is 10.1 Å². The number of nitrogens with zero attached hydrogens (tertiary/aromatic N) is 1. The number of anilines is 1. The second kappa shape index (κ2) is 7.62. The van der Waals surface area contributed by atoms with E-state index in [4.69, 9.17) is 0 Å². The summed E-state index contributed by atoms with van der Waals surface area (Å²) in [4.78, 5) is 10.5. The summed E-state index contributed by atoms with van der Waals surface area (Å²) in [6, 6.07) is 5.16. The topological polar surface area (TPSA) is 55.2 Å². The van der Waals surface area contributed by atoms with Crippen molar-refractivity contribution in [1.29, 1.82) is 0 Å². The van der Waals surface area contributed by atoms with E-state index < -0.39 is 0 Å². The van der Waals surface area contributed by atoms with E-state index in [2.05, 4.69) is 48.9 Å². The highest BCUT2D eigenvalue weighted by molar-refractivity contribution is 9.10. The Morgan fingerprint density at radius 3 is 2.20 bits per heavy atom. The monoisotopic (exact) mass is 342 g/mol. The fourth-order valence-electron chi connectivity index (χ4n) is 2.31. The van der Waals surface area contributed by atoms with Gasteiger partial charge in [-0.2, -0.15) is 0 Å². The van der Waals surface area contributed by atoms with E-state index >= 15 is 0 Å². The average molecular weight is 343 g/mol. The van der Waals surface area contributed by atoms with Crippen molar-refractivity contribution in [3.63, 3.8) is 0 Å². The first-order valence-corrected chi connectivity index (χ1v) is 7.79. The third-order valence-corrected chi connectivity index (χ3v) is 3.72. The van der Waals surface area contributed by atoms with Crippen molar-refractivity contribution in [2.45, 2.75) is 46.6 Å². The fraction of sp³-hybridized carbons (Fsp3) is 0.600. The van der Waals surface area contributed by atoms with E-state index in [-0.39, 0.29) is 10.6 Å². The quantitative estimate of drug-likeness (QED) is 0.545. The Balaban J connectivity index is 2.91. The lowest BCUT2D eigenvalue weighted by atomic mass is 9.95. The molecule has 5 heteroatoms. The van der Waals surface area contributed by atoms with Gasteiger partial charge in [-0.25, -0.2) is 0 Å².